The molecule has 0 unspecified atom stereocenters. The minimum atomic E-state index is -4.14. The summed E-state index contributed by atoms with van der Waals surface area (Å²) in [6.45, 7) is -0.0358. The highest BCUT2D eigenvalue weighted by Crippen LogP contribution is 2.29. The lowest BCUT2D eigenvalue weighted by molar-refractivity contribution is 0.296. The summed E-state index contributed by atoms with van der Waals surface area (Å²) < 4.78 is 54.7. The monoisotopic (exact) mass is 396 g/mol. The topological polar surface area (TPSA) is 43.4 Å². The maximum atomic E-state index is 13.1. The van der Waals surface area contributed by atoms with Crippen LogP contribution in [-0.2, 0) is 15.7 Å². The Morgan fingerprint density at radius 2 is 1.71 bits per heavy atom. The molecule has 2 aromatic carbocycles. The van der Waals surface area contributed by atoms with Gasteiger partial charge < -0.3 is 4.74 Å². The van der Waals surface area contributed by atoms with Gasteiger partial charge in [0.2, 0.25) is 0 Å². The predicted octanol–water partition coefficient (Wildman–Crippen LogP) is 4.23. The summed E-state index contributed by atoms with van der Waals surface area (Å²) in [5.41, 5.74) is 0.596. The van der Waals surface area contributed by atoms with Crippen molar-refractivity contribution in [2.24, 2.45) is 0 Å². The zero-order chi connectivity index (χ0) is 15.6. The van der Waals surface area contributed by atoms with Crippen LogP contribution in [0.25, 0.3) is 0 Å². The molecule has 0 spiro atoms. The molecular weight excluding hydrogens is 390 g/mol. The van der Waals surface area contributed by atoms with E-state index in [1.54, 1.807) is 0 Å². The van der Waals surface area contributed by atoms with E-state index in [2.05, 4.69) is 15.9 Å². The Labute approximate surface area is 133 Å². The standard InChI is InChI=1S/C13H8BrClF2O3S/c14-11-5-9(16)2-1-8(11)7-20-12-4-3-10(17)6-13(12)21(15,18)19/h1-6H,7H2. The van der Waals surface area contributed by atoms with E-state index in [0.29, 0.717) is 10.0 Å². The quantitative estimate of drug-likeness (QED) is 0.725. The first kappa shape index (κ1) is 16.2. The van der Waals surface area contributed by atoms with Crippen LogP contribution >= 0.6 is 26.6 Å². The molecule has 112 valence electrons. The SMILES string of the molecule is O=S(=O)(Cl)c1cc(F)ccc1OCc1ccc(F)cc1Br. The molecule has 0 aliphatic rings. The molecule has 0 aromatic heterocycles. The van der Waals surface area contributed by atoms with E-state index in [1.165, 1.54) is 24.3 Å². The van der Waals surface area contributed by atoms with Gasteiger partial charge in [-0.3, -0.25) is 0 Å². The van der Waals surface area contributed by atoms with Crippen molar-refractivity contribution in [2.45, 2.75) is 11.5 Å². The summed E-state index contributed by atoms with van der Waals surface area (Å²) in [6.07, 6.45) is 0. The van der Waals surface area contributed by atoms with E-state index in [-0.39, 0.29) is 12.4 Å². The van der Waals surface area contributed by atoms with E-state index in [0.717, 1.165) is 12.1 Å². The van der Waals surface area contributed by atoms with Crippen LogP contribution in [0.1, 0.15) is 5.56 Å². The van der Waals surface area contributed by atoms with Crippen LogP contribution in [0.15, 0.2) is 45.8 Å². The third-order valence-electron chi connectivity index (χ3n) is 2.57. The molecule has 2 rings (SSSR count). The van der Waals surface area contributed by atoms with Crippen molar-refractivity contribution in [1.29, 1.82) is 0 Å². The van der Waals surface area contributed by atoms with E-state index < -0.39 is 25.6 Å². The van der Waals surface area contributed by atoms with E-state index >= 15 is 0 Å². The Balaban J connectivity index is 2.28. The number of hydrogen-bond acceptors (Lipinski definition) is 3. The minimum Gasteiger partial charge on any atom is -0.487 e. The number of benzene rings is 2. The lowest BCUT2D eigenvalue weighted by atomic mass is 10.2. The average Bonchev–Trinajstić information content (AvgIpc) is 2.38. The highest BCUT2D eigenvalue weighted by atomic mass is 79.9. The van der Waals surface area contributed by atoms with E-state index in [1.807, 2.05) is 0 Å². The molecule has 0 radical (unpaired) electrons. The van der Waals surface area contributed by atoms with Gasteiger partial charge in [-0.05, 0) is 30.3 Å². The van der Waals surface area contributed by atoms with Gasteiger partial charge in [0.25, 0.3) is 9.05 Å². The van der Waals surface area contributed by atoms with Crippen LogP contribution in [-0.4, -0.2) is 8.42 Å². The molecule has 8 heteroatoms. The number of hydrogen-bond donors (Lipinski definition) is 0. The van der Waals surface area contributed by atoms with Crippen molar-refractivity contribution < 1.29 is 21.9 Å². The smallest absolute Gasteiger partial charge is 0.265 e. The summed E-state index contributed by atoms with van der Waals surface area (Å²) in [5, 5.41) is 0. The highest BCUT2D eigenvalue weighted by Gasteiger charge is 2.18. The highest BCUT2D eigenvalue weighted by molar-refractivity contribution is 9.10. The molecule has 2 aromatic rings. The molecule has 0 atom stereocenters. The largest absolute Gasteiger partial charge is 0.487 e. The van der Waals surface area contributed by atoms with E-state index in [4.69, 9.17) is 15.4 Å². The van der Waals surface area contributed by atoms with Crippen LogP contribution in [0.2, 0.25) is 0 Å². The van der Waals surface area contributed by atoms with Gasteiger partial charge in [-0.15, -0.1) is 0 Å². The zero-order valence-electron chi connectivity index (χ0n) is 10.3. The van der Waals surface area contributed by atoms with Gasteiger partial charge in [0.05, 0.1) is 0 Å². The predicted molar refractivity (Wildman–Crippen MR) is 77.9 cm³/mol. The minimum absolute atomic E-state index is 0.0358. The number of ether oxygens (including phenoxy) is 1. The van der Waals surface area contributed by atoms with Crippen molar-refractivity contribution in [1.82, 2.24) is 0 Å². The van der Waals surface area contributed by atoms with Crippen LogP contribution in [0.4, 0.5) is 8.78 Å². The first-order valence-electron chi connectivity index (χ1n) is 5.58. The third-order valence-corrected chi connectivity index (χ3v) is 4.65. The van der Waals surface area contributed by atoms with Crippen molar-refractivity contribution in [3.8, 4) is 5.75 Å². The van der Waals surface area contributed by atoms with Crippen LogP contribution < -0.4 is 4.74 Å². The molecular formula is C13H8BrClF2O3S. The molecule has 0 heterocycles. The van der Waals surface area contributed by atoms with Gasteiger partial charge in [-0.2, -0.15) is 0 Å². The average molecular weight is 398 g/mol. The Kier molecular flexibility index (Phi) is 4.85. The summed E-state index contributed by atoms with van der Waals surface area (Å²) in [5.74, 6) is -1.25. The van der Waals surface area contributed by atoms with Crippen molar-refractivity contribution >= 4 is 35.7 Å². The van der Waals surface area contributed by atoms with Crippen molar-refractivity contribution in [2.75, 3.05) is 0 Å². The second kappa shape index (κ2) is 6.29. The lowest BCUT2D eigenvalue weighted by Crippen LogP contribution is -2.02. The van der Waals surface area contributed by atoms with Crippen molar-refractivity contribution in [3.05, 3.63) is 58.1 Å². The lowest BCUT2D eigenvalue weighted by Gasteiger charge is -2.11. The van der Waals surface area contributed by atoms with E-state index in [9.17, 15) is 17.2 Å². The first-order valence-corrected chi connectivity index (χ1v) is 8.68. The molecule has 0 saturated carbocycles. The fourth-order valence-electron chi connectivity index (χ4n) is 1.59. The summed E-state index contributed by atoms with van der Waals surface area (Å²) in [7, 11) is 1.09. The van der Waals surface area contributed by atoms with Gasteiger partial charge in [0.1, 0.15) is 28.9 Å². The third kappa shape index (κ3) is 4.15. The molecule has 0 bridgehead atoms. The molecule has 0 saturated heterocycles. The van der Waals surface area contributed by atoms with Crippen LogP contribution in [0.3, 0.4) is 0 Å². The molecule has 0 aliphatic heterocycles. The maximum absolute atomic E-state index is 13.1. The summed E-state index contributed by atoms with van der Waals surface area (Å²) in [4.78, 5) is -0.456. The Morgan fingerprint density at radius 3 is 2.33 bits per heavy atom. The first-order chi connectivity index (χ1) is 9.77. The second-order valence-corrected chi connectivity index (χ2v) is 7.44. The maximum Gasteiger partial charge on any atom is 0.265 e. The normalized spacial score (nSPS) is 11.4. The Bertz CT molecular complexity index is 781. The van der Waals surface area contributed by atoms with Crippen LogP contribution in [0, 0.1) is 11.6 Å². The summed E-state index contributed by atoms with van der Waals surface area (Å²) >= 11 is 3.17. The van der Waals surface area contributed by atoms with Gasteiger partial charge in [-0.1, -0.05) is 22.0 Å². The fourth-order valence-corrected chi connectivity index (χ4v) is 3.03. The number of halogens is 4. The van der Waals surface area contributed by atoms with Crippen LogP contribution in [0.5, 0.6) is 5.75 Å². The molecule has 0 N–H and O–H groups in total. The molecule has 3 nitrogen and oxygen atoms in total. The Hall–Kier alpha value is -1.18. The second-order valence-electron chi connectivity index (χ2n) is 4.05. The molecule has 21 heavy (non-hydrogen) atoms. The van der Waals surface area contributed by atoms with Gasteiger partial charge in [0.15, 0.2) is 0 Å². The number of rotatable bonds is 4. The van der Waals surface area contributed by atoms with Gasteiger partial charge >= 0.3 is 0 Å². The van der Waals surface area contributed by atoms with Crippen molar-refractivity contribution in [3.63, 3.8) is 0 Å². The Morgan fingerprint density at radius 1 is 1.10 bits per heavy atom. The molecule has 0 amide bonds. The molecule has 0 aliphatic carbocycles. The summed E-state index contributed by atoms with van der Waals surface area (Å²) in [6, 6.07) is 6.98. The fraction of sp³-hybridized carbons (Fsp3) is 0.0769. The zero-order valence-corrected chi connectivity index (χ0v) is 13.5. The molecule has 0 fully saturated rings. The van der Waals surface area contributed by atoms with Gasteiger partial charge in [0, 0.05) is 20.7 Å². The van der Waals surface area contributed by atoms with Gasteiger partial charge in [-0.25, -0.2) is 17.2 Å².